The van der Waals surface area contributed by atoms with Crippen LogP contribution in [0.3, 0.4) is 0 Å². The molecule has 3 aromatic carbocycles. The molecule has 6 heteroatoms. The highest BCUT2D eigenvalue weighted by Gasteiger charge is 2.09. The fourth-order valence-corrected chi connectivity index (χ4v) is 3.04. The van der Waals surface area contributed by atoms with Gasteiger partial charge in [-0.3, -0.25) is 9.59 Å². The quantitative estimate of drug-likeness (QED) is 0.442. The van der Waals surface area contributed by atoms with Crippen LogP contribution in [0.2, 0.25) is 5.02 Å². The molecule has 29 heavy (non-hydrogen) atoms. The van der Waals surface area contributed by atoms with Crippen molar-refractivity contribution in [3.8, 4) is 0 Å². The zero-order valence-electron chi connectivity index (χ0n) is 16.3. The second-order valence-electron chi connectivity index (χ2n) is 6.75. The van der Waals surface area contributed by atoms with E-state index >= 15 is 0 Å². The van der Waals surface area contributed by atoms with Crippen LogP contribution < -0.4 is 10.7 Å². The van der Waals surface area contributed by atoms with Gasteiger partial charge in [0.2, 0.25) is 11.8 Å². The minimum atomic E-state index is -0.317. The van der Waals surface area contributed by atoms with Crippen molar-refractivity contribution in [2.45, 2.75) is 26.7 Å². The summed E-state index contributed by atoms with van der Waals surface area (Å²) in [6.07, 6.45) is 0.0995. The van der Waals surface area contributed by atoms with Crippen LogP contribution in [0.1, 0.15) is 30.9 Å². The zero-order chi connectivity index (χ0) is 20.8. The fraction of sp³-hybridized carbons (Fsp3) is 0.174. The summed E-state index contributed by atoms with van der Waals surface area (Å²) in [6, 6.07) is 19.4. The largest absolute Gasteiger partial charge is 0.326 e. The van der Waals surface area contributed by atoms with Gasteiger partial charge in [0, 0.05) is 23.6 Å². The van der Waals surface area contributed by atoms with E-state index in [4.69, 9.17) is 11.6 Å². The standard InChI is InChI=1S/C23H22ClN3O2/c1-15-20(24)8-5-9-21(15)25-22(28)12-13-23(29)27-26-16(2)18-11-10-17-6-3-4-7-19(17)14-18/h3-11,14H,12-13H2,1-2H3,(H,25,28)(H,27,29)/b26-16-. The number of hydrogen-bond acceptors (Lipinski definition) is 3. The molecule has 5 nitrogen and oxygen atoms in total. The molecule has 2 N–H and O–H groups in total. The van der Waals surface area contributed by atoms with E-state index in [-0.39, 0.29) is 24.7 Å². The summed E-state index contributed by atoms with van der Waals surface area (Å²) in [7, 11) is 0. The Morgan fingerprint density at radius 2 is 1.66 bits per heavy atom. The van der Waals surface area contributed by atoms with Crippen molar-refractivity contribution in [1.82, 2.24) is 5.43 Å². The van der Waals surface area contributed by atoms with Crippen LogP contribution in [0.5, 0.6) is 0 Å². The molecule has 0 aromatic heterocycles. The first-order valence-electron chi connectivity index (χ1n) is 9.31. The molecule has 0 fully saturated rings. The van der Waals surface area contributed by atoms with Crippen LogP contribution in [0.25, 0.3) is 10.8 Å². The number of nitrogens with zero attached hydrogens (tertiary/aromatic N) is 1. The van der Waals surface area contributed by atoms with E-state index in [2.05, 4.69) is 15.8 Å². The van der Waals surface area contributed by atoms with Crippen molar-refractivity contribution in [3.05, 3.63) is 76.8 Å². The summed E-state index contributed by atoms with van der Waals surface area (Å²) in [5, 5.41) is 9.77. The minimum Gasteiger partial charge on any atom is -0.326 e. The Morgan fingerprint density at radius 3 is 2.45 bits per heavy atom. The summed E-state index contributed by atoms with van der Waals surface area (Å²) in [6.45, 7) is 3.66. The molecule has 0 aliphatic rings. The van der Waals surface area contributed by atoms with E-state index in [0.29, 0.717) is 16.4 Å². The molecule has 0 bridgehead atoms. The SMILES string of the molecule is C/C(=N/NC(=O)CCC(=O)Nc1cccc(Cl)c1C)c1ccc2ccccc2c1. The maximum atomic E-state index is 12.1. The highest BCUT2D eigenvalue weighted by atomic mass is 35.5. The lowest BCUT2D eigenvalue weighted by atomic mass is 10.0. The van der Waals surface area contributed by atoms with Crippen molar-refractivity contribution in [2.24, 2.45) is 5.10 Å². The van der Waals surface area contributed by atoms with Crippen molar-refractivity contribution in [2.75, 3.05) is 5.32 Å². The lowest BCUT2D eigenvalue weighted by Crippen LogP contribution is -2.22. The Kier molecular flexibility index (Phi) is 6.62. The Hall–Kier alpha value is -3.18. The average molecular weight is 408 g/mol. The maximum absolute atomic E-state index is 12.1. The van der Waals surface area contributed by atoms with Gasteiger partial charge in [-0.25, -0.2) is 5.43 Å². The van der Waals surface area contributed by atoms with Crippen LogP contribution in [0, 0.1) is 6.92 Å². The Balaban J connectivity index is 1.53. The molecular formula is C23H22ClN3O2. The topological polar surface area (TPSA) is 70.6 Å². The molecule has 0 unspecified atom stereocenters. The third kappa shape index (κ3) is 5.42. The number of fused-ring (bicyclic) bond motifs is 1. The lowest BCUT2D eigenvalue weighted by Gasteiger charge is -2.09. The molecule has 0 saturated heterocycles. The van der Waals surface area contributed by atoms with Gasteiger partial charge in [0.1, 0.15) is 0 Å². The molecule has 3 aromatic rings. The van der Waals surface area contributed by atoms with Gasteiger partial charge in [-0.05, 0) is 53.9 Å². The Labute approximate surface area is 174 Å². The highest BCUT2D eigenvalue weighted by molar-refractivity contribution is 6.31. The van der Waals surface area contributed by atoms with E-state index < -0.39 is 0 Å². The summed E-state index contributed by atoms with van der Waals surface area (Å²) in [5.74, 6) is -0.566. The second kappa shape index (κ2) is 9.34. The molecule has 148 valence electrons. The predicted octanol–water partition coefficient (Wildman–Crippen LogP) is 5.06. The molecule has 0 aliphatic carbocycles. The van der Waals surface area contributed by atoms with Crippen molar-refractivity contribution in [1.29, 1.82) is 0 Å². The molecule has 2 amide bonds. The first-order valence-corrected chi connectivity index (χ1v) is 9.69. The van der Waals surface area contributed by atoms with Gasteiger partial charge >= 0.3 is 0 Å². The molecule has 0 radical (unpaired) electrons. The minimum absolute atomic E-state index is 0.0416. The smallest absolute Gasteiger partial charge is 0.240 e. The van der Waals surface area contributed by atoms with Gasteiger partial charge < -0.3 is 5.32 Å². The van der Waals surface area contributed by atoms with E-state index in [1.165, 1.54) is 0 Å². The number of carbonyl (C=O) groups excluding carboxylic acids is 2. The predicted molar refractivity (Wildman–Crippen MR) is 118 cm³/mol. The number of anilines is 1. The van der Waals surface area contributed by atoms with Gasteiger partial charge in [-0.1, -0.05) is 54.1 Å². The summed E-state index contributed by atoms with van der Waals surface area (Å²) < 4.78 is 0. The van der Waals surface area contributed by atoms with Crippen molar-refractivity contribution >= 4 is 45.6 Å². The normalized spacial score (nSPS) is 11.3. The van der Waals surface area contributed by atoms with Crippen LogP contribution >= 0.6 is 11.6 Å². The van der Waals surface area contributed by atoms with Crippen molar-refractivity contribution in [3.63, 3.8) is 0 Å². The summed E-state index contributed by atoms with van der Waals surface area (Å²) >= 11 is 6.05. The summed E-state index contributed by atoms with van der Waals surface area (Å²) in [4.78, 5) is 24.1. The van der Waals surface area contributed by atoms with Gasteiger partial charge in [0.15, 0.2) is 0 Å². The van der Waals surface area contributed by atoms with E-state index in [0.717, 1.165) is 21.9 Å². The van der Waals surface area contributed by atoms with Crippen molar-refractivity contribution < 1.29 is 9.59 Å². The fourth-order valence-electron chi connectivity index (χ4n) is 2.86. The molecule has 0 atom stereocenters. The molecule has 0 spiro atoms. The van der Waals surface area contributed by atoms with Crippen LogP contribution in [0.4, 0.5) is 5.69 Å². The van der Waals surface area contributed by atoms with E-state index in [1.807, 2.05) is 56.3 Å². The second-order valence-corrected chi connectivity index (χ2v) is 7.16. The zero-order valence-corrected chi connectivity index (χ0v) is 17.1. The molecule has 0 saturated carbocycles. The molecule has 0 aliphatic heterocycles. The third-order valence-electron chi connectivity index (χ3n) is 4.64. The van der Waals surface area contributed by atoms with E-state index in [9.17, 15) is 9.59 Å². The molecule has 3 rings (SSSR count). The third-order valence-corrected chi connectivity index (χ3v) is 5.05. The highest BCUT2D eigenvalue weighted by Crippen LogP contribution is 2.23. The molecular weight excluding hydrogens is 386 g/mol. The number of rotatable bonds is 6. The van der Waals surface area contributed by atoms with E-state index in [1.54, 1.807) is 18.2 Å². The Morgan fingerprint density at radius 1 is 0.931 bits per heavy atom. The molecule has 0 heterocycles. The number of carbonyl (C=O) groups is 2. The first kappa shape index (κ1) is 20.6. The number of amides is 2. The monoisotopic (exact) mass is 407 g/mol. The lowest BCUT2D eigenvalue weighted by molar-refractivity contribution is -0.124. The van der Waals surface area contributed by atoms with Gasteiger partial charge in [-0.15, -0.1) is 0 Å². The maximum Gasteiger partial charge on any atom is 0.240 e. The van der Waals surface area contributed by atoms with Crippen LogP contribution in [-0.2, 0) is 9.59 Å². The first-order chi connectivity index (χ1) is 13.9. The average Bonchev–Trinajstić information content (AvgIpc) is 2.73. The summed E-state index contributed by atoms with van der Waals surface area (Å²) in [5.41, 5.74) is 5.58. The number of halogens is 1. The van der Waals surface area contributed by atoms with Gasteiger partial charge in [0.25, 0.3) is 0 Å². The number of benzene rings is 3. The number of hydrogen-bond donors (Lipinski definition) is 2. The number of nitrogens with one attached hydrogen (secondary N) is 2. The van der Waals surface area contributed by atoms with Crippen LogP contribution in [-0.4, -0.2) is 17.5 Å². The Bertz CT molecular complexity index is 1090. The van der Waals surface area contributed by atoms with Crippen LogP contribution in [0.15, 0.2) is 65.8 Å². The van der Waals surface area contributed by atoms with Gasteiger partial charge in [0.05, 0.1) is 5.71 Å². The van der Waals surface area contributed by atoms with Gasteiger partial charge in [-0.2, -0.15) is 5.10 Å². The number of hydrazone groups is 1.